The van der Waals surface area contributed by atoms with Crippen molar-refractivity contribution in [2.24, 2.45) is 0 Å². The van der Waals surface area contributed by atoms with E-state index in [1.807, 2.05) is 24.3 Å². The van der Waals surface area contributed by atoms with E-state index in [9.17, 15) is 4.79 Å². The summed E-state index contributed by atoms with van der Waals surface area (Å²) in [6.45, 7) is 2.14. The molecule has 1 aromatic heterocycles. The van der Waals surface area contributed by atoms with Gasteiger partial charge >= 0.3 is 5.97 Å². The molecule has 3 nitrogen and oxygen atoms in total. The van der Waals surface area contributed by atoms with Gasteiger partial charge in [0.25, 0.3) is 0 Å². The van der Waals surface area contributed by atoms with Crippen LogP contribution in [0.25, 0.3) is 16.9 Å². The number of rotatable bonds is 6. The molecule has 0 amide bonds. The molecule has 0 aliphatic rings. The van der Waals surface area contributed by atoms with Gasteiger partial charge in [0, 0.05) is 11.4 Å². The number of carboxylic acid groups (broad SMARTS) is 1. The van der Waals surface area contributed by atoms with Gasteiger partial charge in [-0.05, 0) is 48.2 Å². The lowest BCUT2D eigenvalue weighted by Crippen LogP contribution is -2.05. The average Bonchev–Trinajstić information content (AvgIpc) is 3.04. The Balaban J connectivity index is 2.08. The summed E-state index contributed by atoms with van der Waals surface area (Å²) in [4.78, 5) is 11.0. The van der Waals surface area contributed by atoms with E-state index in [0.717, 1.165) is 29.1 Å². The summed E-state index contributed by atoms with van der Waals surface area (Å²) in [5.74, 6) is -0.773. The maximum Gasteiger partial charge on any atom is 0.303 e. The van der Waals surface area contributed by atoms with Crippen LogP contribution in [0.1, 0.15) is 24.6 Å². The normalized spacial score (nSPS) is 10.7. The van der Waals surface area contributed by atoms with Crippen molar-refractivity contribution < 1.29 is 9.90 Å². The Kier molecular flexibility index (Phi) is 4.80. The monoisotopic (exact) mass is 319 g/mol. The van der Waals surface area contributed by atoms with Gasteiger partial charge in [-0.1, -0.05) is 49.4 Å². The molecule has 2 aromatic carbocycles. The summed E-state index contributed by atoms with van der Waals surface area (Å²) in [6, 6.07) is 22.8. The van der Waals surface area contributed by atoms with E-state index in [0.29, 0.717) is 6.42 Å². The zero-order valence-corrected chi connectivity index (χ0v) is 13.8. The van der Waals surface area contributed by atoms with Crippen molar-refractivity contribution >= 4 is 5.97 Å². The number of carboxylic acids is 1. The van der Waals surface area contributed by atoms with Gasteiger partial charge in [0.1, 0.15) is 0 Å². The van der Waals surface area contributed by atoms with Gasteiger partial charge in [-0.15, -0.1) is 0 Å². The third kappa shape index (κ3) is 3.40. The second kappa shape index (κ2) is 7.18. The molecule has 122 valence electrons. The lowest BCUT2D eigenvalue weighted by atomic mass is 10.1. The van der Waals surface area contributed by atoms with Crippen LogP contribution < -0.4 is 0 Å². The minimum absolute atomic E-state index is 0.130. The molecule has 3 heteroatoms. The molecule has 0 aliphatic carbocycles. The van der Waals surface area contributed by atoms with Crippen molar-refractivity contribution in [2.75, 3.05) is 0 Å². The fourth-order valence-electron chi connectivity index (χ4n) is 2.93. The van der Waals surface area contributed by atoms with Crippen molar-refractivity contribution in [1.29, 1.82) is 0 Å². The van der Waals surface area contributed by atoms with Crippen molar-refractivity contribution in [2.45, 2.75) is 26.2 Å². The number of carbonyl (C=O) groups is 1. The Morgan fingerprint density at radius 1 is 0.958 bits per heavy atom. The third-order valence-electron chi connectivity index (χ3n) is 4.23. The first-order valence-electron chi connectivity index (χ1n) is 8.26. The maximum absolute atomic E-state index is 11.0. The largest absolute Gasteiger partial charge is 0.481 e. The van der Waals surface area contributed by atoms with Crippen LogP contribution in [0.4, 0.5) is 0 Å². The molecule has 3 aromatic rings. The minimum atomic E-state index is -0.773. The van der Waals surface area contributed by atoms with Crippen LogP contribution >= 0.6 is 0 Å². The quantitative estimate of drug-likeness (QED) is 0.714. The van der Waals surface area contributed by atoms with Gasteiger partial charge in [-0.3, -0.25) is 4.79 Å². The predicted octanol–water partition coefficient (Wildman–Crippen LogP) is 4.72. The number of benzene rings is 2. The summed E-state index contributed by atoms with van der Waals surface area (Å²) < 4.78 is 2.16. The Labute approximate surface area is 142 Å². The van der Waals surface area contributed by atoms with E-state index in [2.05, 4.69) is 54.0 Å². The second-order valence-corrected chi connectivity index (χ2v) is 5.83. The molecule has 0 atom stereocenters. The van der Waals surface area contributed by atoms with Gasteiger partial charge in [0.2, 0.25) is 0 Å². The Morgan fingerprint density at radius 2 is 1.67 bits per heavy atom. The molecule has 0 unspecified atom stereocenters. The molecule has 0 radical (unpaired) electrons. The predicted molar refractivity (Wildman–Crippen MR) is 96.5 cm³/mol. The van der Waals surface area contributed by atoms with Crippen LogP contribution in [0.5, 0.6) is 0 Å². The van der Waals surface area contributed by atoms with Crippen molar-refractivity contribution in [3.05, 3.63) is 78.0 Å². The molecule has 1 heterocycles. The van der Waals surface area contributed by atoms with E-state index in [1.54, 1.807) is 0 Å². The number of aryl methyl sites for hydroxylation is 2. The summed E-state index contributed by atoms with van der Waals surface area (Å²) in [6.07, 6.45) is 1.65. The Hall–Kier alpha value is -2.81. The first-order valence-corrected chi connectivity index (χ1v) is 8.26. The second-order valence-electron chi connectivity index (χ2n) is 5.83. The van der Waals surface area contributed by atoms with Gasteiger partial charge < -0.3 is 9.67 Å². The number of hydrogen-bond acceptors (Lipinski definition) is 1. The zero-order chi connectivity index (χ0) is 16.9. The number of aromatic nitrogens is 1. The summed E-state index contributed by atoms with van der Waals surface area (Å²) in [5.41, 5.74) is 5.58. The van der Waals surface area contributed by atoms with Gasteiger partial charge in [-0.25, -0.2) is 0 Å². The molecule has 0 spiro atoms. The zero-order valence-electron chi connectivity index (χ0n) is 13.8. The van der Waals surface area contributed by atoms with Crippen molar-refractivity contribution in [1.82, 2.24) is 4.57 Å². The maximum atomic E-state index is 11.0. The smallest absolute Gasteiger partial charge is 0.303 e. The van der Waals surface area contributed by atoms with Crippen LogP contribution in [-0.2, 0) is 17.6 Å². The summed E-state index contributed by atoms with van der Waals surface area (Å²) in [7, 11) is 0. The standard InChI is InChI=1S/C21H21NO2/c1-2-16-8-10-18(11-9-16)22-19(13-15-21(23)24)12-14-20(22)17-6-4-3-5-7-17/h3-12,14H,2,13,15H2,1H3,(H,23,24). The van der Waals surface area contributed by atoms with E-state index in [1.165, 1.54) is 5.56 Å². The summed E-state index contributed by atoms with van der Waals surface area (Å²) in [5, 5.41) is 9.02. The third-order valence-corrected chi connectivity index (χ3v) is 4.23. The van der Waals surface area contributed by atoms with E-state index < -0.39 is 5.97 Å². The van der Waals surface area contributed by atoms with Crippen LogP contribution in [0.2, 0.25) is 0 Å². The minimum Gasteiger partial charge on any atom is -0.481 e. The van der Waals surface area contributed by atoms with Crippen LogP contribution in [-0.4, -0.2) is 15.6 Å². The molecule has 1 N–H and O–H groups in total. The molecule has 0 saturated heterocycles. The lowest BCUT2D eigenvalue weighted by Gasteiger charge is -2.14. The SMILES string of the molecule is CCc1ccc(-n2c(CCC(=O)O)ccc2-c2ccccc2)cc1. The highest BCUT2D eigenvalue weighted by atomic mass is 16.4. The molecule has 0 bridgehead atoms. The van der Waals surface area contributed by atoms with Crippen LogP contribution in [0.15, 0.2) is 66.7 Å². The number of hydrogen-bond donors (Lipinski definition) is 1. The molecule has 3 rings (SSSR count). The van der Waals surface area contributed by atoms with Gasteiger partial charge in [0.05, 0.1) is 12.1 Å². The molecule has 0 fully saturated rings. The highest BCUT2D eigenvalue weighted by molar-refractivity contribution is 5.68. The van der Waals surface area contributed by atoms with Gasteiger partial charge in [0.15, 0.2) is 0 Å². The van der Waals surface area contributed by atoms with E-state index in [4.69, 9.17) is 5.11 Å². The molecular formula is C21H21NO2. The topological polar surface area (TPSA) is 42.2 Å². The first kappa shape index (κ1) is 16.1. The molecule has 24 heavy (non-hydrogen) atoms. The fraction of sp³-hybridized carbons (Fsp3) is 0.190. The van der Waals surface area contributed by atoms with Gasteiger partial charge in [-0.2, -0.15) is 0 Å². The van der Waals surface area contributed by atoms with Crippen molar-refractivity contribution in [3.8, 4) is 16.9 Å². The lowest BCUT2D eigenvalue weighted by molar-refractivity contribution is -0.136. The fourth-order valence-corrected chi connectivity index (χ4v) is 2.93. The molecular weight excluding hydrogens is 298 g/mol. The van der Waals surface area contributed by atoms with E-state index in [-0.39, 0.29) is 6.42 Å². The van der Waals surface area contributed by atoms with Crippen LogP contribution in [0.3, 0.4) is 0 Å². The highest BCUT2D eigenvalue weighted by Gasteiger charge is 2.13. The van der Waals surface area contributed by atoms with Crippen LogP contribution in [0, 0.1) is 0 Å². The molecule has 0 aliphatic heterocycles. The number of nitrogens with zero attached hydrogens (tertiary/aromatic N) is 1. The van der Waals surface area contributed by atoms with E-state index >= 15 is 0 Å². The highest BCUT2D eigenvalue weighted by Crippen LogP contribution is 2.27. The van der Waals surface area contributed by atoms with Crippen molar-refractivity contribution in [3.63, 3.8) is 0 Å². The summed E-state index contributed by atoms with van der Waals surface area (Å²) >= 11 is 0. The first-order chi connectivity index (χ1) is 11.7. The Bertz CT molecular complexity index is 817. The average molecular weight is 319 g/mol. The molecule has 0 saturated carbocycles. The number of aliphatic carboxylic acids is 1. The Morgan fingerprint density at radius 3 is 2.29 bits per heavy atom.